The van der Waals surface area contributed by atoms with Gasteiger partial charge in [-0.05, 0) is 6.07 Å². The van der Waals surface area contributed by atoms with E-state index in [-0.39, 0.29) is 17.2 Å². The Hall–Kier alpha value is -2.37. The molecular formula is C9H6N4O2. The average molecular weight is 202 g/mol. The van der Waals surface area contributed by atoms with E-state index >= 15 is 0 Å². The van der Waals surface area contributed by atoms with E-state index in [9.17, 15) is 4.79 Å². The van der Waals surface area contributed by atoms with Crippen LogP contribution in [0, 0.1) is 0 Å². The first-order chi connectivity index (χ1) is 7.29. The molecule has 6 nitrogen and oxygen atoms in total. The van der Waals surface area contributed by atoms with Crippen LogP contribution in [0.25, 0.3) is 11.5 Å². The fourth-order valence-electron chi connectivity index (χ4n) is 1.08. The van der Waals surface area contributed by atoms with Crippen LogP contribution in [0.4, 0.5) is 0 Å². The minimum Gasteiger partial charge on any atom is -0.476 e. The van der Waals surface area contributed by atoms with E-state index in [4.69, 9.17) is 5.11 Å². The van der Waals surface area contributed by atoms with Crippen molar-refractivity contribution < 1.29 is 9.90 Å². The van der Waals surface area contributed by atoms with Gasteiger partial charge in [-0.1, -0.05) is 0 Å². The summed E-state index contributed by atoms with van der Waals surface area (Å²) in [7, 11) is 0. The Morgan fingerprint density at radius 1 is 1.00 bits per heavy atom. The van der Waals surface area contributed by atoms with Crippen LogP contribution in [0.5, 0.6) is 0 Å². The van der Waals surface area contributed by atoms with Gasteiger partial charge in [0.1, 0.15) is 5.69 Å². The van der Waals surface area contributed by atoms with Gasteiger partial charge in [0.2, 0.25) is 0 Å². The molecule has 0 atom stereocenters. The third-order valence-electron chi connectivity index (χ3n) is 1.68. The Labute approximate surface area is 84.7 Å². The monoisotopic (exact) mass is 202 g/mol. The summed E-state index contributed by atoms with van der Waals surface area (Å²) >= 11 is 0. The lowest BCUT2D eigenvalue weighted by Crippen LogP contribution is -2.05. The largest absolute Gasteiger partial charge is 0.476 e. The number of rotatable bonds is 2. The van der Waals surface area contributed by atoms with Gasteiger partial charge in [0.05, 0.1) is 0 Å². The number of aromatic nitrogens is 4. The second-order valence-electron chi connectivity index (χ2n) is 2.63. The van der Waals surface area contributed by atoms with Crippen LogP contribution in [0.15, 0.2) is 30.9 Å². The van der Waals surface area contributed by atoms with Crippen LogP contribution in [-0.2, 0) is 0 Å². The molecule has 2 heterocycles. The molecule has 0 aromatic carbocycles. The third-order valence-corrected chi connectivity index (χ3v) is 1.68. The molecule has 0 bridgehead atoms. The lowest BCUT2D eigenvalue weighted by Gasteiger charge is -2.00. The first-order valence-corrected chi connectivity index (χ1v) is 4.10. The van der Waals surface area contributed by atoms with Crippen LogP contribution in [0.3, 0.4) is 0 Å². The number of carboxylic acid groups (broad SMARTS) is 1. The minimum absolute atomic E-state index is 0.149. The molecule has 2 rings (SSSR count). The fraction of sp³-hybridized carbons (Fsp3) is 0. The Morgan fingerprint density at radius 2 is 1.67 bits per heavy atom. The third kappa shape index (κ3) is 1.78. The summed E-state index contributed by atoms with van der Waals surface area (Å²) in [4.78, 5) is 26.3. The van der Waals surface area contributed by atoms with Crippen molar-refractivity contribution in [2.45, 2.75) is 0 Å². The molecule has 0 spiro atoms. The first-order valence-electron chi connectivity index (χ1n) is 4.10. The molecule has 0 amide bonds. The predicted octanol–water partition coefficient (Wildman–Crippen LogP) is 0.632. The first kappa shape index (κ1) is 9.20. The maximum absolute atomic E-state index is 10.8. The van der Waals surface area contributed by atoms with Crippen molar-refractivity contribution in [2.75, 3.05) is 0 Å². The van der Waals surface area contributed by atoms with Gasteiger partial charge in [0.15, 0.2) is 11.5 Å². The van der Waals surface area contributed by atoms with Crippen LogP contribution in [0.1, 0.15) is 10.5 Å². The molecule has 0 unspecified atom stereocenters. The van der Waals surface area contributed by atoms with Crippen LogP contribution in [0.2, 0.25) is 0 Å². The lowest BCUT2D eigenvalue weighted by molar-refractivity contribution is 0.0691. The Kier molecular flexibility index (Phi) is 2.32. The molecule has 74 valence electrons. The zero-order valence-corrected chi connectivity index (χ0v) is 7.53. The van der Waals surface area contributed by atoms with Crippen molar-refractivity contribution in [1.82, 2.24) is 19.9 Å². The summed E-state index contributed by atoms with van der Waals surface area (Å²) in [6, 6.07) is 1.64. The molecule has 0 aliphatic carbocycles. The molecule has 0 fully saturated rings. The molecule has 2 aromatic rings. The molecule has 0 radical (unpaired) electrons. The summed E-state index contributed by atoms with van der Waals surface area (Å²) in [5, 5.41) is 8.87. The fourth-order valence-corrected chi connectivity index (χ4v) is 1.08. The highest BCUT2D eigenvalue weighted by Gasteiger charge is 2.15. The van der Waals surface area contributed by atoms with Gasteiger partial charge >= 0.3 is 5.97 Å². The van der Waals surface area contributed by atoms with Crippen molar-refractivity contribution in [2.24, 2.45) is 0 Å². The van der Waals surface area contributed by atoms with Crippen LogP contribution in [-0.4, -0.2) is 31.0 Å². The topological polar surface area (TPSA) is 88.9 Å². The quantitative estimate of drug-likeness (QED) is 0.768. The molecule has 0 aliphatic rings. The van der Waals surface area contributed by atoms with Crippen molar-refractivity contribution in [3.8, 4) is 11.5 Å². The van der Waals surface area contributed by atoms with Crippen molar-refractivity contribution in [3.63, 3.8) is 0 Å². The number of hydrogen-bond acceptors (Lipinski definition) is 5. The second-order valence-corrected chi connectivity index (χ2v) is 2.63. The normalized spacial score (nSPS) is 9.87. The van der Waals surface area contributed by atoms with Gasteiger partial charge in [0, 0.05) is 24.8 Å². The van der Waals surface area contributed by atoms with Gasteiger partial charge in [-0.25, -0.2) is 24.7 Å². The van der Waals surface area contributed by atoms with E-state index in [1.807, 2.05) is 0 Å². The number of hydrogen-bond donors (Lipinski definition) is 1. The van der Waals surface area contributed by atoms with Gasteiger partial charge in [-0.2, -0.15) is 0 Å². The molecule has 0 saturated heterocycles. The summed E-state index contributed by atoms with van der Waals surface area (Å²) in [6.45, 7) is 0. The molecular weight excluding hydrogens is 196 g/mol. The maximum atomic E-state index is 10.8. The number of carbonyl (C=O) groups is 1. The van der Waals surface area contributed by atoms with E-state index in [1.54, 1.807) is 6.07 Å². The molecule has 0 saturated carbocycles. The summed E-state index contributed by atoms with van der Waals surface area (Å²) in [5.74, 6) is -0.895. The molecule has 15 heavy (non-hydrogen) atoms. The second kappa shape index (κ2) is 3.79. The van der Waals surface area contributed by atoms with Crippen LogP contribution < -0.4 is 0 Å². The van der Waals surface area contributed by atoms with Gasteiger partial charge in [0.25, 0.3) is 0 Å². The molecule has 1 N–H and O–H groups in total. The molecule has 2 aromatic heterocycles. The number of carboxylic acids is 1. The summed E-state index contributed by atoms with van der Waals surface area (Å²) in [6.07, 6.45) is 5.75. The van der Waals surface area contributed by atoms with E-state index < -0.39 is 5.97 Å². The van der Waals surface area contributed by atoms with Crippen LogP contribution >= 0.6 is 0 Å². The van der Waals surface area contributed by atoms with Gasteiger partial charge < -0.3 is 5.11 Å². The average Bonchev–Trinajstić information content (AvgIpc) is 2.30. The Balaban J connectivity index is 2.58. The zero-order valence-electron chi connectivity index (χ0n) is 7.53. The highest BCUT2D eigenvalue weighted by molar-refractivity contribution is 5.91. The van der Waals surface area contributed by atoms with Crippen molar-refractivity contribution in [3.05, 3.63) is 36.5 Å². The molecule has 6 heteroatoms. The van der Waals surface area contributed by atoms with E-state index in [2.05, 4.69) is 19.9 Å². The zero-order chi connectivity index (χ0) is 10.7. The summed E-state index contributed by atoms with van der Waals surface area (Å²) < 4.78 is 0. The highest BCUT2D eigenvalue weighted by atomic mass is 16.4. The summed E-state index contributed by atoms with van der Waals surface area (Å²) in [5.41, 5.74) is 0.0225. The van der Waals surface area contributed by atoms with Crippen molar-refractivity contribution >= 4 is 5.97 Å². The smallest absolute Gasteiger partial charge is 0.356 e. The number of nitrogens with zero attached hydrogens (tertiary/aromatic N) is 4. The Morgan fingerprint density at radius 3 is 2.33 bits per heavy atom. The lowest BCUT2D eigenvalue weighted by atomic mass is 10.3. The maximum Gasteiger partial charge on any atom is 0.356 e. The predicted molar refractivity (Wildman–Crippen MR) is 50.0 cm³/mol. The van der Waals surface area contributed by atoms with E-state index in [1.165, 1.54) is 24.8 Å². The van der Waals surface area contributed by atoms with E-state index in [0.717, 1.165) is 0 Å². The SMILES string of the molecule is O=C(O)c1nccnc1-c1ncccn1. The standard InChI is InChI=1S/C9H6N4O2/c14-9(15)7-6(10-4-5-11-7)8-12-2-1-3-13-8/h1-5H,(H,14,15). The van der Waals surface area contributed by atoms with Crippen molar-refractivity contribution in [1.29, 1.82) is 0 Å². The minimum atomic E-state index is -1.15. The molecule has 0 aliphatic heterocycles. The Bertz CT molecular complexity index is 486. The van der Waals surface area contributed by atoms with Gasteiger partial charge in [-0.3, -0.25) is 0 Å². The van der Waals surface area contributed by atoms with E-state index in [0.29, 0.717) is 0 Å². The van der Waals surface area contributed by atoms with Gasteiger partial charge in [-0.15, -0.1) is 0 Å². The number of aromatic carboxylic acids is 1. The highest BCUT2D eigenvalue weighted by Crippen LogP contribution is 2.13.